The molecule has 180 valence electrons. The molecule has 0 unspecified atom stereocenters. The Labute approximate surface area is 199 Å². The Bertz CT molecular complexity index is 1310. The molecule has 4 N–H and O–H groups in total. The second kappa shape index (κ2) is 10.2. The third-order valence-corrected chi connectivity index (χ3v) is 4.66. The molecule has 0 saturated heterocycles. The number of hydrogen-bond donors (Lipinski definition) is 4. The number of hydrogen-bond acceptors (Lipinski definition) is 5. The number of carboxylic acid groups (broad SMARTS) is 2. The average Bonchev–Trinajstić information content (AvgIpc) is 2.78. The lowest BCUT2D eigenvalue weighted by Crippen LogP contribution is -2.19. The van der Waals surface area contributed by atoms with Gasteiger partial charge in [-0.1, -0.05) is 17.7 Å². The van der Waals surface area contributed by atoms with Gasteiger partial charge in [-0.05, 0) is 54.6 Å². The van der Waals surface area contributed by atoms with Crippen molar-refractivity contribution in [2.24, 2.45) is 10.2 Å². The second-order valence-electron chi connectivity index (χ2n) is 6.90. The molecule has 35 heavy (non-hydrogen) atoms. The zero-order chi connectivity index (χ0) is 25.8. The molecule has 3 rings (SSSR count). The Balaban J connectivity index is 1.74. The van der Waals surface area contributed by atoms with Crippen LogP contribution in [-0.2, 0) is 6.18 Å². The SMILES string of the molecule is O=C(Nc1cccc(N=Nc2cc(C(=O)O)cc(C(=O)O)c2)c1)Nc1ccc(Cl)c(C(F)(F)F)c1. The number of benzene rings is 3. The van der Waals surface area contributed by atoms with E-state index in [1.807, 2.05) is 0 Å². The van der Waals surface area contributed by atoms with Crippen LogP contribution in [0.4, 0.5) is 40.7 Å². The summed E-state index contributed by atoms with van der Waals surface area (Å²) in [5.74, 6) is -2.69. The fraction of sp³-hybridized carbons (Fsp3) is 0.0455. The molecule has 0 aliphatic rings. The number of azo groups is 1. The van der Waals surface area contributed by atoms with E-state index in [0.29, 0.717) is 6.07 Å². The van der Waals surface area contributed by atoms with Crippen molar-refractivity contribution < 1.29 is 37.8 Å². The average molecular weight is 507 g/mol. The monoisotopic (exact) mass is 506 g/mol. The Morgan fingerprint density at radius 1 is 0.771 bits per heavy atom. The van der Waals surface area contributed by atoms with Crippen molar-refractivity contribution in [2.45, 2.75) is 6.18 Å². The Morgan fingerprint density at radius 2 is 1.34 bits per heavy atom. The van der Waals surface area contributed by atoms with E-state index in [9.17, 15) is 27.6 Å². The fourth-order valence-corrected chi connectivity index (χ4v) is 3.02. The minimum atomic E-state index is -4.69. The lowest BCUT2D eigenvalue weighted by Gasteiger charge is -2.12. The van der Waals surface area contributed by atoms with Crippen LogP contribution >= 0.6 is 11.6 Å². The molecule has 0 atom stereocenters. The van der Waals surface area contributed by atoms with E-state index in [0.717, 1.165) is 24.3 Å². The second-order valence-corrected chi connectivity index (χ2v) is 7.31. The predicted molar refractivity (Wildman–Crippen MR) is 120 cm³/mol. The number of rotatable bonds is 6. The van der Waals surface area contributed by atoms with Crippen LogP contribution in [0.2, 0.25) is 5.02 Å². The minimum Gasteiger partial charge on any atom is -0.478 e. The molecular formula is C22H14ClF3N4O5. The number of aromatic carboxylic acids is 2. The number of carbonyl (C=O) groups excluding carboxylic acids is 1. The van der Waals surface area contributed by atoms with E-state index in [2.05, 4.69) is 20.9 Å². The number of nitrogens with one attached hydrogen (secondary N) is 2. The molecule has 13 heteroatoms. The Morgan fingerprint density at radius 3 is 1.91 bits per heavy atom. The molecule has 3 aromatic carbocycles. The fourth-order valence-electron chi connectivity index (χ4n) is 2.79. The predicted octanol–water partition coefficient (Wildman–Crippen LogP) is 6.81. The van der Waals surface area contributed by atoms with Crippen molar-refractivity contribution in [2.75, 3.05) is 10.6 Å². The first-order chi connectivity index (χ1) is 16.4. The van der Waals surface area contributed by atoms with Gasteiger partial charge < -0.3 is 20.8 Å². The normalized spacial score (nSPS) is 11.3. The summed E-state index contributed by atoms with van der Waals surface area (Å²) in [6, 6.07) is 11.2. The number of halogens is 4. The standard InChI is InChI=1S/C22H14ClF3N4O5/c23-18-5-4-14(10-17(18)22(24,25)26)28-21(35)27-13-2-1-3-15(9-13)29-30-16-7-11(19(31)32)6-12(8-16)20(33)34/h1-10H,(H,31,32)(H,33,34)(H2,27,28,35). The highest BCUT2D eigenvalue weighted by molar-refractivity contribution is 6.31. The molecule has 9 nitrogen and oxygen atoms in total. The minimum absolute atomic E-state index is 0.0263. The van der Waals surface area contributed by atoms with Gasteiger partial charge in [0.25, 0.3) is 0 Å². The number of nitrogens with zero attached hydrogens (tertiary/aromatic N) is 2. The summed E-state index contributed by atoms with van der Waals surface area (Å²) in [7, 11) is 0. The van der Waals surface area contributed by atoms with Crippen LogP contribution < -0.4 is 10.6 Å². The lowest BCUT2D eigenvalue weighted by molar-refractivity contribution is -0.137. The van der Waals surface area contributed by atoms with Gasteiger partial charge in [0.2, 0.25) is 0 Å². The van der Waals surface area contributed by atoms with Crippen LogP contribution in [0.5, 0.6) is 0 Å². The van der Waals surface area contributed by atoms with Crippen LogP contribution in [0, 0.1) is 0 Å². The van der Waals surface area contributed by atoms with Crippen molar-refractivity contribution in [3.05, 3.63) is 82.4 Å². The van der Waals surface area contributed by atoms with Crippen LogP contribution in [0.15, 0.2) is 70.9 Å². The summed E-state index contributed by atoms with van der Waals surface area (Å²) in [6.45, 7) is 0. The molecule has 0 fully saturated rings. The first-order valence-electron chi connectivity index (χ1n) is 9.50. The number of carbonyl (C=O) groups is 3. The third kappa shape index (κ3) is 6.77. The summed E-state index contributed by atoms with van der Waals surface area (Å²) < 4.78 is 39.0. The maximum Gasteiger partial charge on any atom is 0.417 e. The highest BCUT2D eigenvalue weighted by Gasteiger charge is 2.33. The molecule has 0 bridgehead atoms. The molecule has 0 radical (unpaired) electrons. The highest BCUT2D eigenvalue weighted by atomic mass is 35.5. The maximum atomic E-state index is 13.0. The van der Waals surface area contributed by atoms with Crippen LogP contribution in [0.25, 0.3) is 0 Å². The Kier molecular flexibility index (Phi) is 7.35. The van der Waals surface area contributed by atoms with Gasteiger partial charge in [0.1, 0.15) is 0 Å². The van der Waals surface area contributed by atoms with Crippen molar-refractivity contribution in [1.82, 2.24) is 0 Å². The van der Waals surface area contributed by atoms with E-state index in [1.54, 1.807) is 0 Å². The molecule has 0 heterocycles. The zero-order valence-corrected chi connectivity index (χ0v) is 18.1. The van der Waals surface area contributed by atoms with Crippen LogP contribution in [0.3, 0.4) is 0 Å². The molecule has 0 saturated carbocycles. The number of carboxylic acids is 2. The first kappa shape index (κ1) is 25.2. The molecule has 0 aromatic heterocycles. The van der Waals surface area contributed by atoms with Gasteiger partial charge in [-0.3, -0.25) is 0 Å². The smallest absolute Gasteiger partial charge is 0.417 e. The summed E-state index contributed by atoms with van der Waals surface area (Å²) in [4.78, 5) is 34.6. The number of urea groups is 1. The first-order valence-corrected chi connectivity index (χ1v) is 9.88. The van der Waals surface area contributed by atoms with Crippen molar-refractivity contribution in [3.8, 4) is 0 Å². The van der Waals surface area contributed by atoms with Gasteiger partial charge in [-0.25, -0.2) is 14.4 Å². The number of alkyl halides is 3. The van der Waals surface area contributed by atoms with Gasteiger partial charge in [0.15, 0.2) is 0 Å². The largest absolute Gasteiger partial charge is 0.478 e. The third-order valence-electron chi connectivity index (χ3n) is 4.33. The zero-order valence-electron chi connectivity index (χ0n) is 17.3. The van der Waals surface area contributed by atoms with E-state index >= 15 is 0 Å². The summed E-state index contributed by atoms with van der Waals surface area (Å²) in [5.41, 5.74) is -1.41. The number of amides is 2. The molecule has 0 aliphatic heterocycles. The summed E-state index contributed by atoms with van der Waals surface area (Å²) in [6.07, 6.45) is -4.69. The molecular weight excluding hydrogens is 493 g/mol. The number of anilines is 2. The van der Waals surface area contributed by atoms with Crippen molar-refractivity contribution in [3.63, 3.8) is 0 Å². The molecule has 0 spiro atoms. The summed E-state index contributed by atoms with van der Waals surface area (Å²) >= 11 is 5.56. The van der Waals surface area contributed by atoms with Gasteiger partial charge >= 0.3 is 24.1 Å². The van der Waals surface area contributed by atoms with Gasteiger partial charge in [0, 0.05) is 11.4 Å². The van der Waals surface area contributed by atoms with Crippen LogP contribution in [0.1, 0.15) is 26.3 Å². The van der Waals surface area contributed by atoms with Gasteiger partial charge in [0.05, 0.1) is 33.1 Å². The highest BCUT2D eigenvalue weighted by Crippen LogP contribution is 2.36. The maximum absolute atomic E-state index is 13.0. The quantitative estimate of drug-likeness (QED) is 0.272. The van der Waals surface area contributed by atoms with Gasteiger partial charge in [-0.2, -0.15) is 23.4 Å². The lowest BCUT2D eigenvalue weighted by atomic mass is 10.1. The van der Waals surface area contributed by atoms with E-state index in [-0.39, 0.29) is 33.9 Å². The molecule has 3 aromatic rings. The van der Waals surface area contributed by atoms with E-state index in [1.165, 1.54) is 30.3 Å². The Hall–Kier alpha value is -4.45. The summed E-state index contributed by atoms with van der Waals surface area (Å²) in [5, 5.41) is 30.2. The van der Waals surface area contributed by atoms with Crippen molar-refractivity contribution in [1.29, 1.82) is 0 Å². The van der Waals surface area contributed by atoms with Gasteiger partial charge in [-0.15, -0.1) is 0 Å². The topological polar surface area (TPSA) is 140 Å². The van der Waals surface area contributed by atoms with Crippen LogP contribution in [-0.4, -0.2) is 28.2 Å². The van der Waals surface area contributed by atoms with E-state index < -0.39 is 34.7 Å². The van der Waals surface area contributed by atoms with E-state index in [4.69, 9.17) is 21.8 Å². The molecule has 2 amide bonds. The molecule has 0 aliphatic carbocycles. The van der Waals surface area contributed by atoms with Crippen molar-refractivity contribution >= 4 is 52.3 Å².